The summed E-state index contributed by atoms with van der Waals surface area (Å²) in [6, 6.07) is 16.0. The molecule has 1 amide bonds. The summed E-state index contributed by atoms with van der Waals surface area (Å²) in [7, 11) is -3.73. The minimum atomic E-state index is -3.73. The molecule has 0 saturated heterocycles. The molecule has 1 heterocycles. The van der Waals surface area contributed by atoms with E-state index in [0.29, 0.717) is 10.6 Å². The fourth-order valence-electron chi connectivity index (χ4n) is 3.92. The Balaban J connectivity index is 1.72. The molecule has 6 heteroatoms. The number of carbonyl (C=O) groups is 1. The fourth-order valence-corrected chi connectivity index (χ4v) is 7.21. The summed E-state index contributed by atoms with van der Waals surface area (Å²) in [6.07, 6.45) is 3.58. The molecule has 0 unspecified atom stereocenters. The average Bonchev–Trinajstić information content (AvgIpc) is 3.12. The molecule has 0 aliphatic heterocycles. The maximum absolute atomic E-state index is 13.5. The van der Waals surface area contributed by atoms with Crippen LogP contribution < -0.4 is 5.32 Å². The third-order valence-corrected chi connectivity index (χ3v) is 8.90. The van der Waals surface area contributed by atoms with Crippen molar-refractivity contribution in [1.82, 2.24) is 0 Å². The molecule has 162 valence electrons. The van der Waals surface area contributed by atoms with Gasteiger partial charge in [-0.2, -0.15) is 0 Å². The van der Waals surface area contributed by atoms with Crippen LogP contribution in [0.15, 0.2) is 64.4 Å². The van der Waals surface area contributed by atoms with Crippen molar-refractivity contribution in [3.8, 4) is 0 Å². The quantitative estimate of drug-likeness (QED) is 0.526. The third kappa shape index (κ3) is 4.32. The lowest BCUT2D eigenvalue weighted by atomic mass is 9.87. The Morgan fingerprint density at radius 2 is 1.58 bits per heavy atom. The number of benzene rings is 2. The molecule has 0 atom stereocenters. The molecule has 0 saturated carbocycles. The van der Waals surface area contributed by atoms with Crippen LogP contribution in [-0.4, -0.2) is 14.3 Å². The van der Waals surface area contributed by atoms with Gasteiger partial charge in [-0.1, -0.05) is 51.1 Å². The lowest BCUT2D eigenvalue weighted by Gasteiger charge is -2.19. The number of anilines is 1. The van der Waals surface area contributed by atoms with Crippen LogP contribution >= 0.6 is 11.3 Å². The Labute approximate surface area is 188 Å². The number of aryl methyl sites for hydroxylation is 1. The second kappa shape index (κ2) is 8.24. The lowest BCUT2D eigenvalue weighted by Crippen LogP contribution is -2.16. The molecule has 1 aliphatic rings. The van der Waals surface area contributed by atoms with Gasteiger partial charge in [0.15, 0.2) is 0 Å². The summed E-state index contributed by atoms with van der Waals surface area (Å²) in [5.41, 5.74) is 2.53. The second-order valence-electron chi connectivity index (χ2n) is 8.97. The van der Waals surface area contributed by atoms with Crippen LogP contribution in [0, 0.1) is 0 Å². The van der Waals surface area contributed by atoms with Gasteiger partial charge in [0.2, 0.25) is 9.84 Å². The summed E-state index contributed by atoms with van der Waals surface area (Å²) in [6.45, 7) is 6.37. The van der Waals surface area contributed by atoms with Crippen molar-refractivity contribution in [2.45, 2.75) is 61.7 Å². The monoisotopic (exact) mass is 453 g/mol. The van der Waals surface area contributed by atoms with Gasteiger partial charge in [-0.05, 0) is 66.5 Å². The summed E-state index contributed by atoms with van der Waals surface area (Å²) in [4.78, 5) is 14.6. The first-order chi connectivity index (χ1) is 14.7. The molecular formula is C25H27NO3S2. The maximum Gasteiger partial charge on any atom is 0.256 e. The zero-order chi connectivity index (χ0) is 22.2. The van der Waals surface area contributed by atoms with Gasteiger partial charge in [-0.15, -0.1) is 11.3 Å². The molecule has 31 heavy (non-hydrogen) atoms. The number of hydrogen-bond acceptors (Lipinski definition) is 4. The Morgan fingerprint density at radius 1 is 0.935 bits per heavy atom. The molecule has 4 nitrogen and oxygen atoms in total. The Hall–Kier alpha value is -2.44. The van der Waals surface area contributed by atoms with Crippen molar-refractivity contribution < 1.29 is 13.2 Å². The van der Waals surface area contributed by atoms with Crippen molar-refractivity contribution in [1.29, 1.82) is 0 Å². The third-order valence-electron chi connectivity index (χ3n) is 5.69. The highest BCUT2D eigenvalue weighted by Gasteiger charge is 2.31. The molecule has 0 fully saturated rings. The van der Waals surface area contributed by atoms with Gasteiger partial charge < -0.3 is 5.32 Å². The number of hydrogen-bond donors (Lipinski definition) is 1. The van der Waals surface area contributed by atoms with E-state index in [4.69, 9.17) is 0 Å². The molecule has 0 radical (unpaired) electrons. The van der Waals surface area contributed by atoms with Crippen LogP contribution in [0.5, 0.6) is 0 Å². The Bertz CT molecular complexity index is 1200. The first-order valence-electron chi connectivity index (χ1n) is 10.5. The Morgan fingerprint density at radius 3 is 2.23 bits per heavy atom. The van der Waals surface area contributed by atoms with E-state index >= 15 is 0 Å². The second-order valence-corrected chi connectivity index (χ2v) is 12.0. The standard InChI is InChI=1S/C25H27NO3S2/c1-25(2,3)18-15-13-17(14-16-18)23(27)26-24-22(20-11-7-8-12-21(20)30-24)31(28,29)19-9-5-4-6-10-19/h4-6,9-10,13-16H,7-8,11-12H2,1-3H3,(H,26,27). The molecule has 2 aromatic carbocycles. The van der Waals surface area contributed by atoms with E-state index in [-0.39, 0.29) is 21.1 Å². The lowest BCUT2D eigenvalue weighted by molar-refractivity contribution is 0.102. The predicted octanol–water partition coefficient (Wildman–Crippen LogP) is 6.01. The van der Waals surface area contributed by atoms with Crippen LogP contribution in [0.1, 0.15) is 60.0 Å². The molecule has 1 aliphatic carbocycles. The van der Waals surface area contributed by atoms with Crippen LogP contribution in [0.2, 0.25) is 0 Å². The first-order valence-corrected chi connectivity index (χ1v) is 12.8. The highest BCUT2D eigenvalue weighted by molar-refractivity contribution is 7.92. The molecule has 3 aromatic rings. The van der Waals surface area contributed by atoms with E-state index in [1.165, 1.54) is 11.3 Å². The molecule has 0 bridgehead atoms. The van der Waals surface area contributed by atoms with Gasteiger partial charge in [-0.3, -0.25) is 4.79 Å². The highest BCUT2D eigenvalue weighted by atomic mass is 32.2. The molecule has 1 aromatic heterocycles. The van der Waals surface area contributed by atoms with Gasteiger partial charge in [0.05, 0.1) is 4.90 Å². The number of sulfone groups is 1. The maximum atomic E-state index is 13.5. The number of thiophene rings is 1. The average molecular weight is 454 g/mol. The van der Waals surface area contributed by atoms with Gasteiger partial charge >= 0.3 is 0 Å². The van der Waals surface area contributed by atoms with E-state index in [0.717, 1.165) is 41.7 Å². The summed E-state index contributed by atoms with van der Waals surface area (Å²) in [5.74, 6) is -0.288. The number of carbonyl (C=O) groups excluding carboxylic acids is 1. The van der Waals surface area contributed by atoms with Gasteiger partial charge in [0, 0.05) is 10.4 Å². The minimum absolute atomic E-state index is 0.00125. The van der Waals surface area contributed by atoms with Crippen LogP contribution in [-0.2, 0) is 28.1 Å². The van der Waals surface area contributed by atoms with E-state index in [1.807, 2.05) is 12.1 Å². The van der Waals surface area contributed by atoms with Crippen molar-refractivity contribution in [3.63, 3.8) is 0 Å². The summed E-state index contributed by atoms with van der Waals surface area (Å²) < 4.78 is 27.0. The van der Waals surface area contributed by atoms with Crippen molar-refractivity contribution >= 4 is 32.1 Å². The van der Waals surface area contributed by atoms with Crippen molar-refractivity contribution in [3.05, 3.63) is 76.2 Å². The number of nitrogens with one attached hydrogen (secondary N) is 1. The predicted molar refractivity (Wildman–Crippen MR) is 126 cm³/mol. The zero-order valence-corrected chi connectivity index (χ0v) is 19.7. The summed E-state index contributed by atoms with van der Waals surface area (Å²) >= 11 is 1.40. The van der Waals surface area contributed by atoms with Crippen LogP contribution in [0.25, 0.3) is 0 Å². The topological polar surface area (TPSA) is 63.2 Å². The molecular weight excluding hydrogens is 426 g/mol. The molecule has 1 N–H and O–H groups in total. The number of fused-ring (bicyclic) bond motifs is 1. The van der Waals surface area contributed by atoms with Gasteiger partial charge in [-0.25, -0.2) is 8.42 Å². The zero-order valence-electron chi connectivity index (χ0n) is 18.1. The fraction of sp³-hybridized carbons (Fsp3) is 0.320. The van der Waals surface area contributed by atoms with Crippen LogP contribution in [0.4, 0.5) is 5.00 Å². The summed E-state index contributed by atoms with van der Waals surface area (Å²) in [5, 5.41) is 3.35. The molecule has 0 spiro atoms. The Kier molecular flexibility index (Phi) is 5.79. The smallest absolute Gasteiger partial charge is 0.256 e. The normalized spacial score (nSPS) is 14.2. The molecule has 4 rings (SSSR count). The van der Waals surface area contributed by atoms with E-state index in [2.05, 4.69) is 26.1 Å². The number of amides is 1. The van der Waals surface area contributed by atoms with Gasteiger partial charge in [0.1, 0.15) is 9.90 Å². The van der Waals surface area contributed by atoms with Crippen molar-refractivity contribution in [2.75, 3.05) is 5.32 Å². The van der Waals surface area contributed by atoms with E-state index in [9.17, 15) is 13.2 Å². The number of rotatable bonds is 4. The first kappa shape index (κ1) is 21.8. The van der Waals surface area contributed by atoms with Crippen LogP contribution in [0.3, 0.4) is 0 Å². The minimum Gasteiger partial charge on any atom is -0.312 e. The van der Waals surface area contributed by atoms with Crippen molar-refractivity contribution in [2.24, 2.45) is 0 Å². The highest BCUT2D eigenvalue weighted by Crippen LogP contribution is 2.43. The largest absolute Gasteiger partial charge is 0.312 e. The SMILES string of the molecule is CC(C)(C)c1ccc(C(=O)Nc2sc3c(c2S(=O)(=O)c2ccccc2)CCCC3)cc1. The van der Waals surface area contributed by atoms with E-state index in [1.54, 1.807) is 42.5 Å². The van der Waals surface area contributed by atoms with Gasteiger partial charge in [0.25, 0.3) is 5.91 Å². The van der Waals surface area contributed by atoms with E-state index < -0.39 is 9.84 Å².